The molecule has 1 unspecified atom stereocenters. The number of rotatable bonds is 10. The van der Waals surface area contributed by atoms with Crippen molar-refractivity contribution in [3.63, 3.8) is 0 Å². The lowest BCUT2D eigenvalue weighted by atomic mass is 10.1. The summed E-state index contributed by atoms with van der Waals surface area (Å²) in [5.74, 6) is 0. The summed E-state index contributed by atoms with van der Waals surface area (Å²) in [5.41, 5.74) is 0. The lowest BCUT2D eigenvalue weighted by Crippen LogP contribution is -2.32. The van der Waals surface area contributed by atoms with Crippen LogP contribution in [0.4, 0.5) is 0 Å². The van der Waals surface area contributed by atoms with E-state index in [0.717, 1.165) is 49.8 Å². The minimum Gasteiger partial charge on any atom is -0.381 e. The number of nitrogens with one attached hydrogen (secondary N) is 1. The zero-order valence-corrected chi connectivity index (χ0v) is 12.9. The van der Waals surface area contributed by atoms with Crippen LogP contribution in [0.3, 0.4) is 0 Å². The predicted molar refractivity (Wildman–Crippen MR) is 80.8 cm³/mol. The number of thiophene rings is 1. The van der Waals surface area contributed by atoms with Gasteiger partial charge in [-0.05, 0) is 44.4 Å². The lowest BCUT2D eigenvalue weighted by Gasteiger charge is -2.17. The maximum Gasteiger partial charge on any atom is 0.0931 e. The van der Waals surface area contributed by atoms with Crippen LogP contribution >= 0.6 is 22.9 Å². The van der Waals surface area contributed by atoms with Crippen molar-refractivity contribution in [1.82, 2.24) is 5.32 Å². The van der Waals surface area contributed by atoms with Crippen LogP contribution in [0.2, 0.25) is 4.34 Å². The molecule has 0 bridgehead atoms. The Hall–Kier alpha value is -0.0900. The fourth-order valence-corrected chi connectivity index (χ4v) is 2.97. The molecule has 1 aromatic heterocycles. The van der Waals surface area contributed by atoms with Crippen molar-refractivity contribution >= 4 is 22.9 Å². The SMILES string of the molecule is CCCNC(CCOCCC)Cc1ccc(Cl)s1. The maximum atomic E-state index is 5.97. The van der Waals surface area contributed by atoms with Crippen LogP contribution in [-0.4, -0.2) is 25.8 Å². The van der Waals surface area contributed by atoms with Crippen molar-refractivity contribution in [3.05, 3.63) is 21.3 Å². The summed E-state index contributed by atoms with van der Waals surface area (Å²) in [6.07, 6.45) is 4.37. The maximum absolute atomic E-state index is 5.97. The Kier molecular flexibility index (Phi) is 8.68. The van der Waals surface area contributed by atoms with E-state index in [1.165, 1.54) is 4.88 Å². The van der Waals surface area contributed by atoms with Gasteiger partial charge in [0.2, 0.25) is 0 Å². The van der Waals surface area contributed by atoms with Crippen LogP contribution in [0.1, 0.15) is 38.0 Å². The number of ether oxygens (including phenoxy) is 1. The van der Waals surface area contributed by atoms with E-state index >= 15 is 0 Å². The zero-order valence-electron chi connectivity index (χ0n) is 11.4. The minimum absolute atomic E-state index is 0.497. The quantitative estimate of drug-likeness (QED) is 0.654. The van der Waals surface area contributed by atoms with Gasteiger partial charge in [0.25, 0.3) is 0 Å². The summed E-state index contributed by atoms with van der Waals surface area (Å²) in [7, 11) is 0. The average Bonchev–Trinajstić information content (AvgIpc) is 2.77. The number of halogens is 1. The third-order valence-corrected chi connectivity index (χ3v) is 3.97. The van der Waals surface area contributed by atoms with Crippen molar-refractivity contribution in [1.29, 1.82) is 0 Å². The van der Waals surface area contributed by atoms with Crippen molar-refractivity contribution in [2.75, 3.05) is 19.8 Å². The number of hydrogen-bond acceptors (Lipinski definition) is 3. The molecule has 0 spiro atoms. The molecule has 0 aliphatic rings. The van der Waals surface area contributed by atoms with Gasteiger partial charge in [-0.2, -0.15) is 0 Å². The molecule has 0 saturated carbocycles. The van der Waals surface area contributed by atoms with Gasteiger partial charge in [-0.1, -0.05) is 25.4 Å². The number of hydrogen-bond donors (Lipinski definition) is 1. The Morgan fingerprint density at radius 3 is 2.72 bits per heavy atom. The van der Waals surface area contributed by atoms with E-state index in [2.05, 4.69) is 25.2 Å². The van der Waals surface area contributed by atoms with Gasteiger partial charge in [-0.3, -0.25) is 0 Å². The van der Waals surface area contributed by atoms with Gasteiger partial charge in [-0.25, -0.2) is 0 Å². The molecule has 0 aliphatic heterocycles. The average molecular weight is 290 g/mol. The smallest absolute Gasteiger partial charge is 0.0931 e. The Balaban J connectivity index is 2.34. The van der Waals surface area contributed by atoms with Gasteiger partial charge in [0.05, 0.1) is 4.34 Å². The van der Waals surface area contributed by atoms with Crippen LogP contribution in [0.5, 0.6) is 0 Å². The molecule has 4 heteroatoms. The fraction of sp³-hybridized carbons (Fsp3) is 0.714. The summed E-state index contributed by atoms with van der Waals surface area (Å²) in [6.45, 7) is 7.11. The molecule has 0 saturated heterocycles. The summed E-state index contributed by atoms with van der Waals surface area (Å²) in [5, 5.41) is 3.59. The second-order valence-electron chi connectivity index (χ2n) is 4.46. The first kappa shape index (κ1) is 16.0. The van der Waals surface area contributed by atoms with Gasteiger partial charge in [0.1, 0.15) is 0 Å². The van der Waals surface area contributed by atoms with Gasteiger partial charge < -0.3 is 10.1 Å². The summed E-state index contributed by atoms with van der Waals surface area (Å²) in [4.78, 5) is 1.35. The molecule has 1 aromatic rings. The largest absolute Gasteiger partial charge is 0.381 e. The first-order valence-corrected chi connectivity index (χ1v) is 8.01. The Morgan fingerprint density at radius 2 is 2.11 bits per heavy atom. The third kappa shape index (κ3) is 6.74. The molecule has 0 radical (unpaired) electrons. The predicted octanol–water partition coefficient (Wildman–Crippen LogP) is 4.13. The first-order valence-electron chi connectivity index (χ1n) is 6.81. The van der Waals surface area contributed by atoms with Crippen LogP contribution in [-0.2, 0) is 11.2 Å². The highest BCUT2D eigenvalue weighted by Gasteiger charge is 2.10. The van der Waals surface area contributed by atoms with E-state index in [-0.39, 0.29) is 0 Å². The second-order valence-corrected chi connectivity index (χ2v) is 6.26. The Bertz CT molecular complexity index is 316. The molecular weight excluding hydrogens is 266 g/mol. The van der Waals surface area contributed by atoms with Gasteiger partial charge in [-0.15, -0.1) is 11.3 Å². The van der Waals surface area contributed by atoms with E-state index in [1.807, 2.05) is 6.07 Å². The molecule has 0 amide bonds. The highest BCUT2D eigenvalue weighted by Crippen LogP contribution is 2.23. The van der Waals surface area contributed by atoms with Crippen molar-refractivity contribution < 1.29 is 4.74 Å². The van der Waals surface area contributed by atoms with E-state index in [9.17, 15) is 0 Å². The van der Waals surface area contributed by atoms with Crippen molar-refractivity contribution in [2.45, 2.75) is 45.6 Å². The van der Waals surface area contributed by atoms with E-state index in [4.69, 9.17) is 16.3 Å². The van der Waals surface area contributed by atoms with Crippen LogP contribution in [0, 0.1) is 0 Å². The van der Waals surface area contributed by atoms with Crippen LogP contribution in [0.25, 0.3) is 0 Å². The highest BCUT2D eigenvalue weighted by atomic mass is 35.5. The molecule has 1 rings (SSSR count). The fourth-order valence-electron chi connectivity index (χ4n) is 1.80. The van der Waals surface area contributed by atoms with Gasteiger partial charge in [0.15, 0.2) is 0 Å². The Morgan fingerprint density at radius 1 is 1.28 bits per heavy atom. The topological polar surface area (TPSA) is 21.3 Å². The second kappa shape index (κ2) is 9.79. The molecule has 0 fully saturated rings. The van der Waals surface area contributed by atoms with Crippen LogP contribution in [0.15, 0.2) is 12.1 Å². The van der Waals surface area contributed by atoms with Crippen LogP contribution < -0.4 is 5.32 Å². The molecule has 0 aromatic carbocycles. The molecular formula is C14H24ClNOS. The monoisotopic (exact) mass is 289 g/mol. The summed E-state index contributed by atoms with van der Waals surface area (Å²) >= 11 is 7.65. The van der Waals surface area contributed by atoms with Gasteiger partial charge in [0, 0.05) is 24.1 Å². The summed E-state index contributed by atoms with van der Waals surface area (Å²) in [6, 6.07) is 4.60. The third-order valence-electron chi connectivity index (χ3n) is 2.72. The summed E-state index contributed by atoms with van der Waals surface area (Å²) < 4.78 is 6.45. The molecule has 104 valence electrons. The molecule has 1 heterocycles. The standard InChI is InChI=1S/C14H24ClNOS/c1-3-8-16-12(7-10-17-9-4-2)11-13-5-6-14(15)18-13/h5-6,12,16H,3-4,7-11H2,1-2H3. The molecule has 1 atom stereocenters. The first-order chi connectivity index (χ1) is 8.76. The lowest BCUT2D eigenvalue weighted by molar-refractivity contribution is 0.124. The molecule has 2 nitrogen and oxygen atoms in total. The molecule has 0 aliphatic carbocycles. The van der Waals surface area contributed by atoms with E-state index < -0.39 is 0 Å². The van der Waals surface area contributed by atoms with Crippen molar-refractivity contribution in [3.8, 4) is 0 Å². The molecule has 1 N–H and O–H groups in total. The minimum atomic E-state index is 0.497. The van der Waals surface area contributed by atoms with Gasteiger partial charge >= 0.3 is 0 Å². The Labute approximate surface area is 120 Å². The van der Waals surface area contributed by atoms with E-state index in [0.29, 0.717) is 6.04 Å². The zero-order chi connectivity index (χ0) is 13.2. The normalized spacial score (nSPS) is 12.8. The van der Waals surface area contributed by atoms with E-state index in [1.54, 1.807) is 11.3 Å². The van der Waals surface area contributed by atoms with Crippen molar-refractivity contribution in [2.24, 2.45) is 0 Å². The molecule has 18 heavy (non-hydrogen) atoms. The highest BCUT2D eigenvalue weighted by molar-refractivity contribution is 7.16.